The Balaban J connectivity index is 2.15. The first-order chi connectivity index (χ1) is 11.3. The first kappa shape index (κ1) is 19.5. The van der Waals surface area contributed by atoms with E-state index in [4.69, 9.17) is 27.9 Å². The van der Waals surface area contributed by atoms with E-state index in [2.05, 4.69) is 21.2 Å². The van der Waals surface area contributed by atoms with E-state index in [-0.39, 0.29) is 18.8 Å². The van der Waals surface area contributed by atoms with Gasteiger partial charge in [-0.2, -0.15) is 0 Å². The van der Waals surface area contributed by atoms with Crippen LogP contribution in [0, 0.1) is 0 Å². The number of benzene rings is 2. The minimum absolute atomic E-state index is 0.0480. The van der Waals surface area contributed by atoms with Crippen molar-refractivity contribution in [2.24, 2.45) is 0 Å². The topological polar surface area (TPSA) is 41.5 Å². The maximum Gasteiger partial charge on any atom is 0.124 e. The summed E-state index contributed by atoms with van der Waals surface area (Å²) in [6.07, 6.45) is 0. The van der Waals surface area contributed by atoms with Crippen LogP contribution < -0.4 is 10.1 Å². The molecule has 0 amide bonds. The fraction of sp³-hybridized carbons (Fsp3) is 0.333. The Bertz CT molecular complexity index is 687. The van der Waals surface area contributed by atoms with Gasteiger partial charge in [0.25, 0.3) is 0 Å². The molecule has 0 spiro atoms. The maximum atomic E-state index is 9.38. The van der Waals surface area contributed by atoms with Crippen molar-refractivity contribution in [3.8, 4) is 5.75 Å². The van der Waals surface area contributed by atoms with Gasteiger partial charge in [-0.05, 0) is 44.2 Å². The van der Waals surface area contributed by atoms with E-state index >= 15 is 0 Å². The van der Waals surface area contributed by atoms with Crippen LogP contribution in [0.4, 0.5) is 0 Å². The normalized spacial score (nSPS) is 11.6. The van der Waals surface area contributed by atoms with Gasteiger partial charge in [0, 0.05) is 37.7 Å². The number of aliphatic hydroxyl groups excluding tert-OH is 1. The minimum atomic E-state index is -0.369. The van der Waals surface area contributed by atoms with Gasteiger partial charge in [0.2, 0.25) is 0 Å². The number of halogens is 3. The van der Waals surface area contributed by atoms with Crippen LogP contribution in [-0.2, 0) is 13.2 Å². The third kappa shape index (κ3) is 5.36. The third-order valence-corrected chi connectivity index (χ3v) is 4.81. The van der Waals surface area contributed by atoms with Crippen molar-refractivity contribution in [2.45, 2.75) is 32.5 Å². The van der Waals surface area contributed by atoms with Crippen molar-refractivity contribution in [1.29, 1.82) is 0 Å². The molecule has 0 bridgehead atoms. The standard InChI is InChI=1S/C18H20BrCl2NO2/c1-18(2,11-23)22-9-12-8-13(19)6-7-17(12)24-10-14-15(20)4-3-5-16(14)21/h3-8,22-23H,9-11H2,1-2H3. The van der Waals surface area contributed by atoms with Gasteiger partial charge in [-0.15, -0.1) is 0 Å². The zero-order valence-electron chi connectivity index (χ0n) is 13.6. The van der Waals surface area contributed by atoms with Crippen LogP contribution >= 0.6 is 39.1 Å². The van der Waals surface area contributed by atoms with Crippen LogP contribution in [0.3, 0.4) is 0 Å². The molecule has 24 heavy (non-hydrogen) atoms. The molecule has 0 aliphatic rings. The van der Waals surface area contributed by atoms with Crippen molar-refractivity contribution in [3.05, 3.63) is 62.0 Å². The van der Waals surface area contributed by atoms with E-state index in [0.29, 0.717) is 16.6 Å². The molecule has 2 rings (SSSR count). The molecule has 0 atom stereocenters. The molecule has 6 heteroatoms. The third-order valence-electron chi connectivity index (χ3n) is 3.61. The van der Waals surface area contributed by atoms with Gasteiger partial charge in [0.05, 0.1) is 6.61 Å². The quantitative estimate of drug-likeness (QED) is 0.632. The number of nitrogens with one attached hydrogen (secondary N) is 1. The van der Waals surface area contributed by atoms with Crippen LogP contribution in [0.1, 0.15) is 25.0 Å². The molecule has 0 heterocycles. The van der Waals surface area contributed by atoms with Crippen LogP contribution in [0.25, 0.3) is 0 Å². The van der Waals surface area contributed by atoms with E-state index < -0.39 is 0 Å². The largest absolute Gasteiger partial charge is 0.488 e. The summed E-state index contributed by atoms with van der Waals surface area (Å²) in [6.45, 7) is 4.78. The highest BCUT2D eigenvalue weighted by Gasteiger charge is 2.16. The van der Waals surface area contributed by atoms with Crippen LogP contribution in [-0.4, -0.2) is 17.3 Å². The number of aliphatic hydroxyl groups is 1. The first-order valence-electron chi connectivity index (χ1n) is 7.52. The molecule has 2 aromatic carbocycles. The molecule has 0 aliphatic carbocycles. The summed E-state index contributed by atoms with van der Waals surface area (Å²) >= 11 is 15.9. The Morgan fingerprint density at radius 3 is 2.46 bits per heavy atom. The molecule has 2 N–H and O–H groups in total. The Morgan fingerprint density at radius 1 is 1.17 bits per heavy atom. The Kier molecular flexibility index (Phi) is 6.96. The Hall–Kier alpha value is -0.780. The van der Waals surface area contributed by atoms with Crippen molar-refractivity contribution < 1.29 is 9.84 Å². The van der Waals surface area contributed by atoms with Gasteiger partial charge < -0.3 is 15.2 Å². The SMILES string of the molecule is CC(C)(CO)NCc1cc(Br)ccc1OCc1c(Cl)cccc1Cl. The molecule has 2 aromatic rings. The second kappa shape index (κ2) is 8.54. The Labute approximate surface area is 161 Å². The van der Waals surface area contributed by atoms with Gasteiger partial charge in [0.1, 0.15) is 12.4 Å². The van der Waals surface area contributed by atoms with Gasteiger partial charge >= 0.3 is 0 Å². The van der Waals surface area contributed by atoms with Gasteiger partial charge in [-0.1, -0.05) is 45.2 Å². The average molecular weight is 433 g/mol. The fourth-order valence-electron chi connectivity index (χ4n) is 2.04. The lowest BCUT2D eigenvalue weighted by Gasteiger charge is -2.24. The van der Waals surface area contributed by atoms with E-state index in [0.717, 1.165) is 21.3 Å². The molecular weight excluding hydrogens is 413 g/mol. The second-order valence-electron chi connectivity index (χ2n) is 6.14. The highest BCUT2D eigenvalue weighted by Crippen LogP contribution is 2.28. The van der Waals surface area contributed by atoms with Gasteiger partial charge in [-0.3, -0.25) is 0 Å². The molecule has 0 saturated heterocycles. The maximum absolute atomic E-state index is 9.38. The molecule has 0 aromatic heterocycles. The first-order valence-corrected chi connectivity index (χ1v) is 9.07. The van der Waals surface area contributed by atoms with Crippen molar-refractivity contribution in [2.75, 3.05) is 6.61 Å². The van der Waals surface area contributed by atoms with Crippen LogP contribution in [0.15, 0.2) is 40.9 Å². The Morgan fingerprint density at radius 2 is 1.83 bits per heavy atom. The summed E-state index contributed by atoms with van der Waals surface area (Å²) in [5, 5.41) is 13.9. The van der Waals surface area contributed by atoms with Gasteiger partial charge in [-0.25, -0.2) is 0 Å². The molecule has 0 radical (unpaired) electrons. The van der Waals surface area contributed by atoms with Crippen LogP contribution in [0.5, 0.6) is 5.75 Å². The molecule has 0 aliphatic heterocycles. The summed E-state index contributed by atoms with van der Waals surface area (Å²) in [5.74, 6) is 0.746. The molecule has 3 nitrogen and oxygen atoms in total. The van der Waals surface area contributed by atoms with Gasteiger partial charge in [0.15, 0.2) is 0 Å². The smallest absolute Gasteiger partial charge is 0.124 e. The second-order valence-corrected chi connectivity index (χ2v) is 7.87. The fourth-order valence-corrected chi connectivity index (χ4v) is 2.95. The van der Waals surface area contributed by atoms with E-state index in [1.54, 1.807) is 18.2 Å². The highest BCUT2D eigenvalue weighted by atomic mass is 79.9. The predicted molar refractivity (Wildman–Crippen MR) is 103 cm³/mol. The summed E-state index contributed by atoms with van der Waals surface area (Å²) in [5.41, 5.74) is 1.37. The number of hydrogen-bond donors (Lipinski definition) is 2. The lowest BCUT2D eigenvalue weighted by Crippen LogP contribution is -2.42. The van der Waals surface area contributed by atoms with E-state index in [9.17, 15) is 5.11 Å². The number of ether oxygens (including phenoxy) is 1. The van der Waals surface area contributed by atoms with E-state index in [1.165, 1.54) is 0 Å². The molecule has 0 saturated carbocycles. The molecule has 0 unspecified atom stereocenters. The summed E-state index contributed by atoms with van der Waals surface area (Å²) in [6, 6.07) is 11.2. The molecular formula is C18H20BrCl2NO2. The summed E-state index contributed by atoms with van der Waals surface area (Å²) in [7, 11) is 0. The number of rotatable bonds is 7. The zero-order valence-corrected chi connectivity index (χ0v) is 16.7. The summed E-state index contributed by atoms with van der Waals surface area (Å²) < 4.78 is 6.91. The van der Waals surface area contributed by atoms with E-state index in [1.807, 2.05) is 32.0 Å². The van der Waals surface area contributed by atoms with Crippen molar-refractivity contribution in [3.63, 3.8) is 0 Å². The monoisotopic (exact) mass is 431 g/mol. The lowest BCUT2D eigenvalue weighted by molar-refractivity contribution is 0.186. The van der Waals surface area contributed by atoms with Crippen LogP contribution in [0.2, 0.25) is 10.0 Å². The zero-order chi connectivity index (χ0) is 17.7. The predicted octanol–water partition coefficient (Wildman–Crippen LogP) is 5.20. The number of hydrogen-bond acceptors (Lipinski definition) is 3. The summed E-state index contributed by atoms with van der Waals surface area (Å²) in [4.78, 5) is 0. The van der Waals surface area contributed by atoms with Crippen molar-refractivity contribution >= 4 is 39.1 Å². The molecule has 0 fully saturated rings. The highest BCUT2D eigenvalue weighted by molar-refractivity contribution is 9.10. The lowest BCUT2D eigenvalue weighted by atomic mass is 10.1. The minimum Gasteiger partial charge on any atom is -0.488 e. The average Bonchev–Trinajstić information content (AvgIpc) is 2.54. The van der Waals surface area contributed by atoms with Crippen molar-refractivity contribution in [1.82, 2.24) is 5.32 Å². The molecule has 130 valence electrons.